The second kappa shape index (κ2) is 6.58. The third kappa shape index (κ3) is 2.63. The molecule has 2 aliphatic rings. The van der Waals surface area contributed by atoms with Crippen LogP contribution in [0.4, 0.5) is 9.52 Å². The number of nitrogens with two attached hydrogens (primary N) is 1. The number of hydrogen-bond acceptors (Lipinski definition) is 6. The van der Waals surface area contributed by atoms with Gasteiger partial charge in [-0.05, 0) is 18.2 Å². The standard InChI is InChI=1S/C19H16ClFN4O2S/c20-14-10(11-3-4-13(21)17-15(11)24-19(22)28-17)1-2-12-16(14)27-8-9-7-23-5-6-25(9)18(12)26/h1-4,9,23H,5-8H2,(H2,22,24)/t9-/m1/s1. The number of benzene rings is 2. The lowest BCUT2D eigenvalue weighted by Crippen LogP contribution is -2.54. The summed E-state index contributed by atoms with van der Waals surface area (Å²) in [5.74, 6) is -0.108. The van der Waals surface area contributed by atoms with Gasteiger partial charge in [-0.1, -0.05) is 29.0 Å². The molecule has 9 heteroatoms. The average Bonchev–Trinajstić information content (AvgIpc) is 3.03. The van der Waals surface area contributed by atoms with Gasteiger partial charge in [0.2, 0.25) is 0 Å². The maximum atomic E-state index is 14.1. The number of carbonyl (C=O) groups excluding carboxylic acids is 1. The molecule has 3 heterocycles. The number of carbonyl (C=O) groups is 1. The maximum absolute atomic E-state index is 14.1. The Kier molecular flexibility index (Phi) is 4.15. The zero-order valence-electron chi connectivity index (χ0n) is 14.7. The molecule has 3 aromatic rings. The smallest absolute Gasteiger partial charge is 0.258 e. The largest absolute Gasteiger partial charge is 0.489 e. The number of nitrogens with one attached hydrogen (secondary N) is 1. The number of nitrogens with zero attached hydrogens (tertiary/aromatic N) is 2. The Morgan fingerprint density at radius 2 is 2.07 bits per heavy atom. The molecule has 3 N–H and O–H groups in total. The van der Waals surface area contributed by atoms with E-state index in [0.29, 0.717) is 57.4 Å². The van der Waals surface area contributed by atoms with Gasteiger partial charge in [-0.15, -0.1) is 0 Å². The van der Waals surface area contributed by atoms with E-state index in [9.17, 15) is 9.18 Å². The molecular weight excluding hydrogens is 403 g/mol. The monoisotopic (exact) mass is 418 g/mol. The van der Waals surface area contributed by atoms with E-state index in [1.54, 1.807) is 18.2 Å². The Morgan fingerprint density at radius 3 is 2.93 bits per heavy atom. The van der Waals surface area contributed by atoms with Crippen molar-refractivity contribution in [2.75, 3.05) is 32.0 Å². The maximum Gasteiger partial charge on any atom is 0.258 e. The molecule has 0 saturated carbocycles. The van der Waals surface area contributed by atoms with E-state index >= 15 is 0 Å². The second-order valence-electron chi connectivity index (χ2n) is 6.80. The summed E-state index contributed by atoms with van der Waals surface area (Å²) in [4.78, 5) is 19.1. The summed E-state index contributed by atoms with van der Waals surface area (Å²) in [6.07, 6.45) is 0. The van der Waals surface area contributed by atoms with Gasteiger partial charge in [0.25, 0.3) is 5.91 Å². The summed E-state index contributed by atoms with van der Waals surface area (Å²) in [6, 6.07) is 6.43. The number of ether oxygens (including phenoxy) is 1. The van der Waals surface area contributed by atoms with Gasteiger partial charge in [0, 0.05) is 30.8 Å². The highest BCUT2D eigenvalue weighted by molar-refractivity contribution is 7.22. The van der Waals surface area contributed by atoms with Gasteiger partial charge in [-0.2, -0.15) is 0 Å². The minimum atomic E-state index is -0.380. The van der Waals surface area contributed by atoms with E-state index < -0.39 is 0 Å². The SMILES string of the molecule is Nc1nc2c(-c3ccc4c(c3Cl)OC[C@H]3CNCCN3C4=O)ccc(F)c2s1. The summed E-state index contributed by atoms with van der Waals surface area (Å²) in [5, 5.41) is 3.88. The lowest BCUT2D eigenvalue weighted by molar-refractivity contribution is 0.0606. The van der Waals surface area contributed by atoms with Crippen LogP contribution in [-0.4, -0.2) is 48.1 Å². The van der Waals surface area contributed by atoms with Crippen molar-refractivity contribution in [1.82, 2.24) is 15.2 Å². The van der Waals surface area contributed by atoms with Crippen LogP contribution in [0.25, 0.3) is 21.3 Å². The van der Waals surface area contributed by atoms with Crippen LogP contribution >= 0.6 is 22.9 Å². The summed E-state index contributed by atoms with van der Waals surface area (Å²) < 4.78 is 20.5. The van der Waals surface area contributed by atoms with Crippen molar-refractivity contribution in [2.24, 2.45) is 0 Å². The molecule has 1 amide bonds. The molecule has 1 atom stereocenters. The van der Waals surface area contributed by atoms with Crippen LogP contribution in [-0.2, 0) is 0 Å². The average molecular weight is 419 g/mol. The molecule has 0 spiro atoms. The zero-order chi connectivity index (χ0) is 19.4. The predicted molar refractivity (Wildman–Crippen MR) is 108 cm³/mol. The summed E-state index contributed by atoms with van der Waals surface area (Å²) in [5.41, 5.74) is 7.95. The molecule has 0 radical (unpaired) electrons. The Labute approximate surface area is 169 Å². The Hall–Kier alpha value is -2.42. The number of nitrogen functional groups attached to an aromatic ring is 1. The molecule has 28 heavy (non-hydrogen) atoms. The van der Waals surface area contributed by atoms with E-state index in [-0.39, 0.29) is 22.9 Å². The van der Waals surface area contributed by atoms with Gasteiger partial charge in [-0.25, -0.2) is 9.37 Å². The van der Waals surface area contributed by atoms with Crippen LogP contribution in [0.15, 0.2) is 24.3 Å². The van der Waals surface area contributed by atoms with Gasteiger partial charge in [0.15, 0.2) is 10.9 Å². The highest BCUT2D eigenvalue weighted by atomic mass is 35.5. The normalized spacial score (nSPS) is 19.1. The number of fused-ring (bicyclic) bond motifs is 3. The molecule has 0 bridgehead atoms. The van der Waals surface area contributed by atoms with Crippen molar-refractivity contribution in [2.45, 2.75) is 6.04 Å². The van der Waals surface area contributed by atoms with E-state index in [0.717, 1.165) is 17.9 Å². The fraction of sp³-hybridized carbons (Fsp3) is 0.263. The topological polar surface area (TPSA) is 80.5 Å². The summed E-state index contributed by atoms with van der Waals surface area (Å²) in [7, 11) is 0. The number of hydrogen-bond donors (Lipinski definition) is 2. The molecule has 2 aromatic carbocycles. The first-order chi connectivity index (χ1) is 13.5. The number of rotatable bonds is 1. The van der Waals surface area contributed by atoms with E-state index in [1.165, 1.54) is 6.07 Å². The number of anilines is 1. The highest BCUT2D eigenvalue weighted by Gasteiger charge is 2.34. The van der Waals surface area contributed by atoms with Gasteiger partial charge in [0.05, 0.1) is 26.8 Å². The van der Waals surface area contributed by atoms with Gasteiger partial charge in [-0.3, -0.25) is 4.79 Å². The van der Waals surface area contributed by atoms with Gasteiger partial charge >= 0.3 is 0 Å². The fourth-order valence-electron chi connectivity index (χ4n) is 3.79. The number of halogens is 2. The second-order valence-corrected chi connectivity index (χ2v) is 8.20. The van der Waals surface area contributed by atoms with Crippen molar-refractivity contribution < 1.29 is 13.9 Å². The first kappa shape index (κ1) is 17.7. The molecule has 1 aromatic heterocycles. The van der Waals surface area contributed by atoms with Gasteiger partial charge < -0.3 is 20.7 Å². The van der Waals surface area contributed by atoms with Crippen molar-refractivity contribution in [3.8, 4) is 16.9 Å². The van der Waals surface area contributed by atoms with E-state index in [1.807, 2.05) is 4.90 Å². The lowest BCUT2D eigenvalue weighted by Gasteiger charge is -2.33. The molecular formula is C19H16ClFN4O2S. The Balaban J connectivity index is 1.66. The van der Waals surface area contributed by atoms with Crippen LogP contribution in [0.2, 0.25) is 5.02 Å². The summed E-state index contributed by atoms with van der Waals surface area (Å²) in [6.45, 7) is 2.42. The molecule has 1 saturated heterocycles. The van der Waals surface area contributed by atoms with Crippen molar-refractivity contribution in [3.63, 3.8) is 0 Å². The van der Waals surface area contributed by atoms with Crippen LogP contribution in [0.5, 0.6) is 5.75 Å². The van der Waals surface area contributed by atoms with Crippen molar-refractivity contribution >= 4 is 44.2 Å². The highest BCUT2D eigenvalue weighted by Crippen LogP contribution is 2.43. The minimum absolute atomic E-state index is 0.0379. The van der Waals surface area contributed by atoms with Gasteiger partial charge in [0.1, 0.15) is 12.4 Å². The zero-order valence-corrected chi connectivity index (χ0v) is 16.2. The Bertz CT molecular complexity index is 1120. The molecule has 2 aliphatic heterocycles. The van der Waals surface area contributed by atoms with Crippen molar-refractivity contribution in [3.05, 3.63) is 40.7 Å². The molecule has 0 aliphatic carbocycles. The first-order valence-electron chi connectivity index (χ1n) is 8.86. The third-order valence-electron chi connectivity index (χ3n) is 5.16. The number of thiazole rings is 1. The molecule has 1 fully saturated rings. The molecule has 6 nitrogen and oxygen atoms in total. The predicted octanol–water partition coefficient (Wildman–Crippen LogP) is 3.14. The third-order valence-corrected chi connectivity index (χ3v) is 6.43. The van der Waals surface area contributed by atoms with Crippen molar-refractivity contribution in [1.29, 1.82) is 0 Å². The van der Waals surface area contributed by atoms with Crippen LogP contribution in [0.3, 0.4) is 0 Å². The molecule has 5 rings (SSSR count). The van der Waals surface area contributed by atoms with Crippen LogP contribution in [0.1, 0.15) is 10.4 Å². The number of piperazine rings is 1. The lowest BCUT2D eigenvalue weighted by atomic mass is 10.0. The van der Waals surface area contributed by atoms with Crippen LogP contribution in [0, 0.1) is 5.82 Å². The quantitative estimate of drug-likeness (QED) is 0.634. The minimum Gasteiger partial charge on any atom is -0.489 e. The Morgan fingerprint density at radius 1 is 1.29 bits per heavy atom. The molecule has 144 valence electrons. The molecule has 0 unspecified atom stereocenters. The summed E-state index contributed by atoms with van der Waals surface area (Å²) >= 11 is 7.77. The first-order valence-corrected chi connectivity index (χ1v) is 10.1. The van der Waals surface area contributed by atoms with E-state index in [4.69, 9.17) is 22.1 Å². The number of amides is 1. The van der Waals surface area contributed by atoms with E-state index in [2.05, 4.69) is 10.3 Å². The van der Waals surface area contributed by atoms with Crippen LogP contribution < -0.4 is 15.8 Å². The fourth-order valence-corrected chi connectivity index (χ4v) is 4.88. The number of aromatic nitrogens is 1.